The molecule has 74 valence electrons. The van der Waals surface area contributed by atoms with Crippen LogP contribution in [-0.2, 0) is 0 Å². The molecule has 0 aromatic heterocycles. The van der Waals surface area contributed by atoms with Gasteiger partial charge in [0.2, 0.25) is 0 Å². The topological polar surface area (TPSA) is 92.8 Å². The molecular formula is C6H5BFNO5. The summed E-state index contributed by atoms with van der Waals surface area (Å²) in [7, 11) is -2.18. The highest BCUT2D eigenvalue weighted by Crippen LogP contribution is 2.27. The van der Waals surface area contributed by atoms with E-state index in [9.17, 15) is 14.5 Å². The van der Waals surface area contributed by atoms with Gasteiger partial charge in [0.05, 0.1) is 11.0 Å². The van der Waals surface area contributed by atoms with Gasteiger partial charge in [-0.15, -0.1) is 0 Å². The van der Waals surface area contributed by atoms with Crippen molar-refractivity contribution in [2.45, 2.75) is 0 Å². The lowest BCUT2D eigenvalue weighted by Crippen LogP contribution is -2.21. The molecule has 1 aromatic rings. The van der Waals surface area contributed by atoms with E-state index in [1.165, 1.54) is 0 Å². The minimum atomic E-state index is -2.18. The van der Waals surface area contributed by atoms with Gasteiger partial charge < -0.3 is 14.7 Å². The Morgan fingerprint density at radius 3 is 2.64 bits per heavy atom. The van der Waals surface area contributed by atoms with Crippen LogP contribution in [0.2, 0.25) is 0 Å². The molecule has 0 aliphatic heterocycles. The Bertz CT molecular complexity index is 358. The fourth-order valence-corrected chi connectivity index (χ4v) is 0.846. The molecule has 1 aromatic carbocycles. The number of rotatable bonds is 3. The van der Waals surface area contributed by atoms with Crippen molar-refractivity contribution >= 4 is 13.0 Å². The van der Waals surface area contributed by atoms with Gasteiger partial charge in [-0.2, -0.15) is 0 Å². The van der Waals surface area contributed by atoms with Crippen molar-refractivity contribution in [2.75, 3.05) is 0 Å². The molecule has 0 aliphatic rings. The number of benzene rings is 1. The van der Waals surface area contributed by atoms with Crippen molar-refractivity contribution in [3.8, 4) is 5.75 Å². The fourth-order valence-electron chi connectivity index (χ4n) is 0.846. The van der Waals surface area contributed by atoms with Crippen LogP contribution in [-0.4, -0.2) is 22.3 Å². The van der Waals surface area contributed by atoms with Crippen molar-refractivity contribution in [1.82, 2.24) is 0 Å². The Hall–Kier alpha value is -1.67. The Labute approximate surface area is 77.9 Å². The molecule has 0 saturated heterocycles. The number of halogens is 1. The predicted octanol–water partition coefficient (Wildman–Crippen LogP) is 0.0822. The summed E-state index contributed by atoms with van der Waals surface area (Å²) in [5, 5.41) is 27.1. The van der Waals surface area contributed by atoms with Crippen molar-refractivity contribution in [2.24, 2.45) is 0 Å². The highest BCUT2D eigenvalue weighted by atomic mass is 19.1. The summed E-state index contributed by atoms with van der Waals surface area (Å²) in [4.78, 5) is 9.46. The summed E-state index contributed by atoms with van der Waals surface area (Å²) < 4.78 is 16.8. The third-order valence-corrected chi connectivity index (χ3v) is 1.35. The molecule has 0 fully saturated rings. The molecule has 2 N–H and O–H groups in total. The highest BCUT2D eigenvalue weighted by Gasteiger charge is 2.21. The summed E-state index contributed by atoms with van der Waals surface area (Å²) >= 11 is 0. The average molecular weight is 201 g/mol. The van der Waals surface area contributed by atoms with E-state index >= 15 is 0 Å². The van der Waals surface area contributed by atoms with Gasteiger partial charge in [0.1, 0.15) is 5.82 Å². The number of hydrogen-bond acceptors (Lipinski definition) is 5. The minimum Gasteiger partial charge on any atom is -0.507 e. The van der Waals surface area contributed by atoms with Crippen LogP contribution in [0.25, 0.3) is 0 Å². The second kappa shape index (κ2) is 4.03. The maximum Gasteiger partial charge on any atom is 0.707 e. The Morgan fingerprint density at radius 2 is 2.14 bits per heavy atom. The van der Waals surface area contributed by atoms with E-state index in [1.807, 2.05) is 0 Å². The molecule has 0 aliphatic carbocycles. The van der Waals surface area contributed by atoms with Crippen LogP contribution in [0, 0.1) is 15.9 Å². The van der Waals surface area contributed by atoms with Gasteiger partial charge >= 0.3 is 13.0 Å². The smallest absolute Gasteiger partial charge is 0.507 e. The number of nitro groups is 1. The maximum absolute atomic E-state index is 12.6. The van der Waals surface area contributed by atoms with E-state index in [-0.39, 0.29) is 0 Å². The Kier molecular flexibility index (Phi) is 3.00. The van der Waals surface area contributed by atoms with E-state index in [4.69, 9.17) is 10.0 Å². The number of hydrogen-bond donors (Lipinski definition) is 2. The van der Waals surface area contributed by atoms with Gasteiger partial charge in [0.15, 0.2) is 5.75 Å². The molecule has 0 heterocycles. The second-order valence-electron chi connectivity index (χ2n) is 2.31. The zero-order valence-electron chi connectivity index (χ0n) is 6.75. The lowest BCUT2D eigenvalue weighted by molar-refractivity contribution is -0.385. The summed E-state index contributed by atoms with van der Waals surface area (Å²) in [6, 6.07) is 2.47. The van der Waals surface area contributed by atoms with Crippen LogP contribution in [0.3, 0.4) is 0 Å². The summed E-state index contributed by atoms with van der Waals surface area (Å²) in [5.74, 6) is -1.22. The van der Waals surface area contributed by atoms with Crippen LogP contribution < -0.4 is 4.65 Å². The highest BCUT2D eigenvalue weighted by molar-refractivity contribution is 6.33. The first-order valence-corrected chi connectivity index (χ1v) is 3.47. The van der Waals surface area contributed by atoms with Crippen LogP contribution in [0.15, 0.2) is 18.2 Å². The Morgan fingerprint density at radius 1 is 1.50 bits per heavy atom. The monoisotopic (exact) mass is 201 g/mol. The lowest BCUT2D eigenvalue weighted by Gasteiger charge is -2.04. The Balaban J connectivity index is 3.08. The van der Waals surface area contributed by atoms with Gasteiger partial charge in [-0.05, 0) is 12.1 Å². The van der Waals surface area contributed by atoms with E-state index in [0.717, 1.165) is 12.1 Å². The van der Waals surface area contributed by atoms with Crippen LogP contribution in [0.4, 0.5) is 10.1 Å². The summed E-state index contributed by atoms with van der Waals surface area (Å²) in [6.07, 6.45) is 0. The van der Waals surface area contributed by atoms with Crippen molar-refractivity contribution < 1.29 is 24.0 Å². The molecule has 0 amide bonds. The molecule has 0 unspecified atom stereocenters. The molecule has 0 atom stereocenters. The van der Waals surface area contributed by atoms with Crippen molar-refractivity contribution in [3.63, 3.8) is 0 Å². The standard InChI is InChI=1S/C6H5BFNO5/c8-4-1-2-6(14-7(10)11)5(3-4)9(12)13/h1-3,10-11H. The first-order valence-electron chi connectivity index (χ1n) is 3.47. The third-order valence-electron chi connectivity index (χ3n) is 1.35. The summed E-state index contributed by atoms with van der Waals surface area (Å²) in [6.45, 7) is 0. The first-order chi connectivity index (χ1) is 6.50. The van der Waals surface area contributed by atoms with E-state index in [2.05, 4.69) is 4.65 Å². The molecule has 0 radical (unpaired) electrons. The number of nitrogens with zero attached hydrogens (tertiary/aromatic N) is 1. The third kappa shape index (κ3) is 2.41. The minimum absolute atomic E-state index is 0.411. The lowest BCUT2D eigenvalue weighted by atomic mass is 10.2. The molecule has 0 spiro atoms. The zero-order chi connectivity index (χ0) is 10.7. The van der Waals surface area contributed by atoms with Crippen LogP contribution in [0.1, 0.15) is 0 Å². The van der Waals surface area contributed by atoms with E-state index < -0.39 is 29.5 Å². The average Bonchev–Trinajstić information content (AvgIpc) is 2.07. The van der Waals surface area contributed by atoms with Crippen molar-refractivity contribution in [1.29, 1.82) is 0 Å². The van der Waals surface area contributed by atoms with E-state index in [0.29, 0.717) is 6.07 Å². The van der Waals surface area contributed by atoms with Gasteiger partial charge in [0, 0.05) is 0 Å². The van der Waals surface area contributed by atoms with Gasteiger partial charge in [-0.25, -0.2) is 4.39 Å². The van der Waals surface area contributed by atoms with Gasteiger partial charge in [-0.1, -0.05) is 0 Å². The second-order valence-corrected chi connectivity index (χ2v) is 2.31. The van der Waals surface area contributed by atoms with Crippen molar-refractivity contribution in [3.05, 3.63) is 34.1 Å². The normalized spacial score (nSPS) is 9.64. The molecule has 0 saturated carbocycles. The quantitative estimate of drug-likeness (QED) is 0.410. The predicted molar refractivity (Wildman–Crippen MR) is 43.9 cm³/mol. The van der Waals surface area contributed by atoms with Gasteiger partial charge in [0.25, 0.3) is 0 Å². The van der Waals surface area contributed by atoms with E-state index in [1.54, 1.807) is 0 Å². The molecule has 6 nitrogen and oxygen atoms in total. The summed E-state index contributed by atoms with van der Waals surface area (Å²) in [5.41, 5.74) is -0.668. The first kappa shape index (κ1) is 10.4. The van der Waals surface area contributed by atoms with Crippen LogP contribution >= 0.6 is 0 Å². The molecular weight excluding hydrogens is 196 g/mol. The fraction of sp³-hybridized carbons (Fsp3) is 0. The zero-order valence-corrected chi connectivity index (χ0v) is 6.75. The molecule has 8 heteroatoms. The molecule has 14 heavy (non-hydrogen) atoms. The van der Waals surface area contributed by atoms with Crippen LogP contribution in [0.5, 0.6) is 5.75 Å². The van der Waals surface area contributed by atoms with Gasteiger partial charge in [-0.3, -0.25) is 10.1 Å². The largest absolute Gasteiger partial charge is 0.707 e. The number of nitro benzene ring substituents is 1. The SMILES string of the molecule is O=[N+]([O-])c1cc(F)ccc1OB(O)O. The maximum atomic E-state index is 12.6. The molecule has 1 rings (SSSR count). The molecule has 0 bridgehead atoms.